The van der Waals surface area contributed by atoms with Gasteiger partial charge in [0.2, 0.25) is 6.54 Å². The lowest BCUT2D eigenvalue weighted by Gasteiger charge is -2.12. The molecule has 5 nitrogen and oxygen atoms in total. The van der Waals surface area contributed by atoms with Crippen molar-refractivity contribution < 1.29 is 4.92 Å². The van der Waals surface area contributed by atoms with E-state index in [1.807, 2.05) is 36.4 Å². The fourth-order valence-electron chi connectivity index (χ4n) is 1.98. The molecule has 2 aromatic rings. The number of rotatable bonds is 5. The molecule has 1 unspecified atom stereocenters. The highest BCUT2D eigenvalue weighted by atomic mass is 16.6. The highest BCUT2D eigenvalue weighted by molar-refractivity contribution is 5.31. The zero-order chi connectivity index (χ0) is 13.0. The largest absolute Gasteiger partial charge is 0.364 e. The van der Waals surface area contributed by atoms with E-state index in [1.165, 1.54) is 0 Å². The van der Waals surface area contributed by atoms with E-state index in [2.05, 4.69) is 4.98 Å². The summed E-state index contributed by atoms with van der Waals surface area (Å²) < 4.78 is 0. The Balaban J connectivity index is 2.30. The number of nitrogens with zero attached hydrogens (tertiary/aromatic N) is 1. The van der Waals surface area contributed by atoms with Crippen LogP contribution in [0.3, 0.4) is 0 Å². The van der Waals surface area contributed by atoms with Crippen molar-refractivity contribution in [2.45, 2.75) is 12.5 Å². The lowest BCUT2D eigenvalue weighted by atomic mass is 9.95. The Bertz CT molecular complexity index is 506. The van der Waals surface area contributed by atoms with Crippen LogP contribution in [0.15, 0.2) is 42.6 Å². The molecular weight excluding hydrogens is 230 g/mol. The minimum Gasteiger partial charge on any atom is -0.364 e. The van der Waals surface area contributed by atoms with Crippen molar-refractivity contribution in [1.82, 2.24) is 4.98 Å². The third-order valence-electron chi connectivity index (χ3n) is 2.95. The standard InChI is InChI=1S/C13H15N3O2/c14-8-10-3-5-11(6-4-10)12(9-16(17)18)13-2-1-7-15-13/h1-7,12,15H,8-9,14H2. The maximum Gasteiger partial charge on any atom is 0.216 e. The maximum atomic E-state index is 10.8. The molecule has 0 radical (unpaired) electrons. The van der Waals surface area contributed by atoms with Crippen LogP contribution in [-0.2, 0) is 6.54 Å². The highest BCUT2D eigenvalue weighted by Crippen LogP contribution is 2.23. The molecule has 0 saturated carbocycles. The van der Waals surface area contributed by atoms with Gasteiger partial charge in [-0.25, -0.2) is 0 Å². The number of H-pyrrole nitrogens is 1. The van der Waals surface area contributed by atoms with Gasteiger partial charge in [0.15, 0.2) is 0 Å². The summed E-state index contributed by atoms with van der Waals surface area (Å²) in [7, 11) is 0. The molecule has 1 atom stereocenters. The second kappa shape index (κ2) is 5.46. The fraction of sp³-hybridized carbons (Fsp3) is 0.231. The van der Waals surface area contributed by atoms with Gasteiger partial charge < -0.3 is 10.7 Å². The van der Waals surface area contributed by atoms with Gasteiger partial charge in [0.25, 0.3) is 0 Å². The first-order valence-electron chi connectivity index (χ1n) is 5.74. The number of benzene rings is 1. The molecule has 0 saturated heterocycles. The molecule has 0 spiro atoms. The van der Waals surface area contributed by atoms with Gasteiger partial charge in [0.05, 0.1) is 5.92 Å². The Morgan fingerprint density at radius 3 is 2.50 bits per heavy atom. The van der Waals surface area contributed by atoms with E-state index < -0.39 is 0 Å². The Labute approximate surface area is 105 Å². The van der Waals surface area contributed by atoms with Gasteiger partial charge in [-0.15, -0.1) is 0 Å². The lowest BCUT2D eigenvalue weighted by Crippen LogP contribution is -2.14. The average Bonchev–Trinajstić information content (AvgIpc) is 2.89. The summed E-state index contributed by atoms with van der Waals surface area (Å²) in [6, 6.07) is 11.3. The van der Waals surface area contributed by atoms with Crippen LogP contribution in [0.4, 0.5) is 0 Å². The van der Waals surface area contributed by atoms with Crippen LogP contribution in [0.25, 0.3) is 0 Å². The second-order valence-electron chi connectivity index (χ2n) is 4.14. The van der Waals surface area contributed by atoms with Gasteiger partial charge in [-0.2, -0.15) is 0 Å². The molecular formula is C13H15N3O2. The number of nitrogens with two attached hydrogens (primary N) is 1. The lowest BCUT2D eigenvalue weighted by molar-refractivity contribution is -0.481. The number of hydrogen-bond acceptors (Lipinski definition) is 3. The topological polar surface area (TPSA) is 84.9 Å². The number of hydrogen-bond donors (Lipinski definition) is 2. The Hall–Kier alpha value is -2.14. The van der Waals surface area contributed by atoms with E-state index >= 15 is 0 Å². The van der Waals surface area contributed by atoms with E-state index in [1.54, 1.807) is 6.20 Å². The van der Waals surface area contributed by atoms with Crippen molar-refractivity contribution >= 4 is 0 Å². The molecule has 0 aliphatic carbocycles. The quantitative estimate of drug-likeness (QED) is 0.623. The van der Waals surface area contributed by atoms with Gasteiger partial charge in [-0.1, -0.05) is 24.3 Å². The molecule has 5 heteroatoms. The molecule has 2 rings (SSSR count). The minimum absolute atomic E-state index is 0.123. The van der Waals surface area contributed by atoms with E-state index in [9.17, 15) is 10.1 Å². The summed E-state index contributed by atoms with van der Waals surface area (Å²) >= 11 is 0. The van der Waals surface area contributed by atoms with Gasteiger partial charge in [0.1, 0.15) is 0 Å². The molecule has 1 heterocycles. The second-order valence-corrected chi connectivity index (χ2v) is 4.14. The van der Waals surface area contributed by atoms with E-state index in [4.69, 9.17) is 5.73 Å². The third-order valence-corrected chi connectivity index (χ3v) is 2.95. The van der Waals surface area contributed by atoms with Crippen LogP contribution in [0, 0.1) is 10.1 Å². The Morgan fingerprint density at radius 1 is 1.28 bits per heavy atom. The maximum absolute atomic E-state index is 10.8. The van der Waals surface area contributed by atoms with Gasteiger partial charge in [-0.05, 0) is 23.3 Å². The van der Waals surface area contributed by atoms with Gasteiger partial charge in [-0.3, -0.25) is 10.1 Å². The van der Waals surface area contributed by atoms with Crippen LogP contribution >= 0.6 is 0 Å². The summed E-state index contributed by atoms with van der Waals surface area (Å²) in [5.41, 5.74) is 8.33. The monoisotopic (exact) mass is 245 g/mol. The summed E-state index contributed by atoms with van der Waals surface area (Å²) in [6.45, 7) is 0.352. The Kier molecular flexibility index (Phi) is 3.74. The number of nitro groups is 1. The smallest absolute Gasteiger partial charge is 0.216 e. The van der Waals surface area contributed by atoms with Gasteiger partial charge >= 0.3 is 0 Å². The molecule has 3 N–H and O–H groups in total. The SMILES string of the molecule is NCc1ccc(C(C[N+](=O)[O-])c2ccc[nH]2)cc1. The van der Waals surface area contributed by atoms with E-state index in [0.29, 0.717) is 6.54 Å². The average molecular weight is 245 g/mol. The zero-order valence-electron chi connectivity index (χ0n) is 9.87. The van der Waals surface area contributed by atoms with Crippen molar-refractivity contribution in [2.24, 2.45) is 5.73 Å². The van der Waals surface area contributed by atoms with Crippen molar-refractivity contribution in [1.29, 1.82) is 0 Å². The van der Waals surface area contributed by atoms with Crippen LogP contribution in [-0.4, -0.2) is 16.5 Å². The molecule has 94 valence electrons. The van der Waals surface area contributed by atoms with Crippen LogP contribution < -0.4 is 5.73 Å². The summed E-state index contributed by atoms with van der Waals surface area (Å²) in [6.07, 6.45) is 1.77. The van der Waals surface area contributed by atoms with E-state index in [0.717, 1.165) is 16.8 Å². The third kappa shape index (κ3) is 2.75. The molecule has 18 heavy (non-hydrogen) atoms. The zero-order valence-corrected chi connectivity index (χ0v) is 9.87. The van der Waals surface area contributed by atoms with Crippen molar-refractivity contribution in [3.05, 3.63) is 69.5 Å². The predicted molar refractivity (Wildman–Crippen MR) is 68.8 cm³/mol. The molecule has 0 aliphatic rings. The molecule has 0 bridgehead atoms. The summed E-state index contributed by atoms with van der Waals surface area (Å²) in [4.78, 5) is 13.5. The number of aromatic nitrogens is 1. The van der Waals surface area contributed by atoms with Crippen molar-refractivity contribution in [2.75, 3.05) is 6.54 Å². The normalized spacial score (nSPS) is 12.3. The van der Waals surface area contributed by atoms with Crippen LogP contribution in [0.1, 0.15) is 22.7 Å². The summed E-state index contributed by atoms with van der Waals surface area (Å²) in [5.74, 6) is -0.248. The number of nitrogens with one attached hydrogen (secondary N) is 1. The molecule has 1 aromatic heterocycles. The Morgan fingerprint density at radius 2 is 2.00 bits per heavy atom. The number of aromatic amines is 1. The first-order chi connectivity index (χ1) is 8.70. The van der Waals surface area contributed by atoms with Crippen molar-refractivity contribution in [3.63, 3.8) is 0 Å². The first-order valence-corrected chi connectivity index (χ1v) is 5.74. The highest BCUT2D eigenvalue weighted by Gasteiger charge is 2.20. The minimum atomic E-state index is -0.289. The molecule has 0 aliphatic heterocycles. The molecule has 0 amide bonds. The van der Waals surface area contributed by atoms with E-state index in [-0.39, 0.29) is 17.4 Å². The predicted octanol–water partition coefficient (Wildman–Crippen LogP) is 1.88. The molecule has 0 fully saturated rings. The molecule has 1 aromatic carbocycles. The van der Waals surface area contributed by atoms with Crippen LogP contribution in [0.5, 0.6) is 0 Å². The van der Waals surface area contributed by atoms with Crippen LogP contribution in [0.2, 0.25) is 0 Å². The first kappa shape index (κ1) is 12.3. The fourth-order valence-corrected chi connectivity index (χ4v) is 1.98. The van der Waals surface area contributed by atoms with Crippen molar-refractivity contribution in [3.8, 4) is 0 Å². The summed E-state index contributed by atoms with van der Waals surface area (Å²) in [5, 5.41) is 10.8. The van der Waals surface area contributed by atoms with Gasteiger partial charge in [0, 0.05) is 23.4 Å².